The fraction of sp³-hybridized carbons (Fsp3) is 0.235. The molecular formula is C17H18N2O4S. The van der Waals surface area contributed by atoms with Gasteiger partial charge in [0, 0.05) is 24.0 Å². The van der Waals surface area contributed by atoms with Crippen molar-refractivity contribution in [2.45, 2.75) is 13.3 Å². The Bertz CT molecular complexity index is 713. The van der Waals surface area contributed by atoms with E-state index < -0.39 is 5.97 Å². The number of carbonyl (C=O) groups is 3. The molecule has 2 rings (SSSR count). The zero-order valence-corrected chi connectivity index (χ0v) is 14.0. The molecule has 0 bridgehead atoms. The number of esters is 1. The van der Waals surface area contributed by atoms with E-state index in [9.17, 15) is 14.4 Å². The van der Waals surface area contributed by atoms with Gasteiger partial charge in [-0.25, -0.2) is 4.79 Å². The molecule has 0 aliphatic heterocycles. The molecular weight excluding hydrogens is 328 g/mol. The highest BCUT2D eigenvalue weighted by Gasteiger charge is 2.11. The second-order valence-electron chi connectivity index (χ2n) is 5.02. The first kappa shape index (κ1) is 17.7. The Morgan fingerprint density at radius 2 is 2.00 bits per heavy atom. The van der Waals surface area contributed by atoms with Crippen molar-refractivity contribution >= 4 is 34.8 Å². The fourth-order valence-corrected chi connectivity index (χ4v) is 2.68. The fourth-order valence-electron chi connectivity index (χ4n) is 1.97. The van der Waals surface area contributed by atoms with E-state index in [1.54, 1.807) is 29.5 Å². The monoisotopic (exact) mass is 346 g/mol. The van der Waals surface area contributed by atoms with Gasteiger partial charge in [0.05, 0.1) is 5.56 Å². The van der Waals surface area contributed by atoms with Crippen LogP contribution in [0.1, 0.15) is 22.2 Å². The molecule has 2 N–H and O–H groups in total. The Kier molecular flexibility index (Phi) is 6.51. The summed E-state index contributed by atoms with van der Waals surface area (Å²) in [7, 11) is 0. The molecule has 2 aromatic rings. The van der Waals surface area contributed by atoms with Gasteiger partial charge in [0.25, 0.3) is 5.91 Å². The van der Waals surface area contributed by atoms with Crippen LogP contribution in [0.5, 0.6) is 0 Å². The Morgan fingerprint density at radius 3 is 2.71 bits per heavy atom. The summed E-state index contributed by atoms with van der Waals surface area (Å²) in [5, 5.41) is 7.26. The molecule has 0 saturated carbocycles. The first-order chi connectivity index (χ1) is 11.5. The van der Waals surface area contributed by atoms with Crippen molar-refractivity contribution in [2.75, 3.05) is 18.5 Å². The molecule has 126 valence electrons. The quantitative estimate of drug-likeness (QED) is 0.753. The van der Waals surface area contributed by atoms with E-state index in [2.05, 4.69) is 10.6 Å². The van der Waals surface area contributed by atoms with Gasteiger partial charge in [-0.05, 0) is 36.1 Å². The molecule has 0 radical (unpaired) electrons. The Balaban J connectivity index is 1.75. The van der Waals surface area contributed by atoms with E-state index in [-0.39, 0.29) is 24.0 Å². The van der Waals surface area contributed by atoms with Crippen LogP contribution in [0.4, 0.5) is 5.69 Å². The molecule has 6 nitrogen and oxygen atoms in total. The Morgan fingerprint density at radius 1 is 1.17 bits per heavy atom. The predicted octanol–water partition coefficient (Wildman–Crippen LogP) is 2.22. The van der Waals surface area contributed by atoms with Crippen LogP contribution in [-0.4, -0.2) is 30.9 Å². The average Bonchev–Trinajstić information content (AvgIpc) is 3.05. The second-order valence-corrected chi connectivity index (χ2v) is 6.05. The Labute approximate surface area is 143 Å². The lowest BCUT2D eigenvalue weighted by atomic mass is 10.2. The molecule has 0 spiro atoms. The van der Waals surface area contributed by atoms with Gasteiger partial charge in [0.1, 0.15) is 0 Å². The minimum atomic E-state index is -0.615. The molecule has 1 aromatic carbocycles. The number of amides is 2. The van der Waals surface area contributed by atoms with E-state index in [1.165, 1.54) is 17.9 Å². The normalized spacial score (nSPS) is 10.0. The molecule has 0 unspecified atom stereocenters. The van der Waals surface area contributed by atoms with Crippen molar-refractivity contribution in [1.82, 2.24) is 5.32 Å². The van der Waals surface area contributed by atoms with Gasteiger partial charge in [-0.1, -0.05) is 12.1 Å². The van der Waals surface area contributed by atoms with E-state index in [0.29, 0.717) is 12.2 Å². The van der Waals surface area contributed by atoms with E-state index in [1.807, 2.05) is 17.5 Å². The Hall–Kier alpha value is -2.67. The third-order valence-corrected chi connectivity index (χ3v) is 3.96. The lowest BCUT2D eigenvalue weighted by Crippen LogP contribution is -2.30. The summed E-state index contributed by atoms with van der Waals surface area (Å²) in [5.41, 5.74) is 0.769. The van der Waals surface area contributed by atoms with Gasteiger partial charge < -0.3 is 15.4 Å². The maximum atomic E-state index is 11.9. The van der Waals surface area contributed by atoms with Crippen LogP contribution in [0, 0.1) is 0 Å². The highest BCUT2D eigenvalue weighted by atomic mass is 32.1. The van der Waals surface area contributed by atoms with Crippen LogP contribution >= 0.6 is 11.3 Å². The second kappa shape index (κ2) is 8.83. The van der Waals surface area contributed by atoms with Crippen molar-refractivity contribution in [3.63, 3.8) is 0 Å². The van der Waals surface area contributed by atoms with Gasteiger partial charge in [-0.15, -0.1) is 11.3 Å². The molecule has 2 amide bonds. The number of nitrogens with one attached hydrogen (secondary N) is 2. The largest absolute Gasteiger partial charge is 0.452 e. The number of benzene rings is 1. The predicted molar refractivity (Wildman–Crippen MR) is 92.1 cm³/mol. The first-order valence-corrected chi connectivity index (χ1v) is 8.26. The van der Waals surface area contributed by atoms with Crippen LogP contribution in [0.2, 0.25) is 0 Å². The van der Waals surface area contributed by atoms with Gasteiger partial charge >= 0.3 is 5.97 Å². The third kappa shape index (κ3) is 5.85. The molecule has 0 aliphatic carbocycles. The topological polar surface area (TPSA) is 84.5 Å². The maximum Gasteiger partial charge on any atom is 0.338 e. The van der Waals surface area contributed by atoms with Gasteiger partial charge in [0.15, 0.2) is 6.61 Å². The number of ether oxygens (including phenoxy) is 1. The van der Waals surface area contributed by atoms with Crippen molar-refractivity contribution in [2.24, 2.45) is 0 Å². The summed E-state index contributed by atoms with van der Waals surface area (Å²) in [6.45, 7) is 1.54. The van der Waals surface area contributed by atoms with Crippen molar-refractivity contribution < 1.29 is 19.1 Å². The molecule has 1 aromatic heterocycles. The summed E-state index contributed by atoms with van der Waals surface area (Å²) < 4.78 is 4.98. The van der Waals surface area contributed by atoms with Crippen LogP contribution in [0.25, 0.3) is 0 Å². The van der Waals surface area contributed by atoms with Gasteiger partial charge in [-0.3, -0.25) is 9.59 Å². The van der Waals surface area contributed by atoms with Crippen LogP contribution < -0.4 is 10.6 Å². The zero-order chi connectivity index (χ0) is 17.4. The summed E-state index contributed by atoms with van der Waals surface area (Å²) in [6.07, 6.45) is 0.746. The van der Waals surface area contributed by atoms with Crippen LogP contribution in [0.3, 0.4) is 0 Å². The molecule has 24 heavy (non-hydrogen) atoms. The average molecular weight is 346 g/mol. The maximum absolute atomic E-state index is 11.9. The number of anilines is 1. The minimum absolute atomic E-state index is 0.231. The molecule has 0 atom stereocenters. The number of hydrogen-bond donors (Lipinski definition) is 2. The zero-order valence-electron chi connectivity index (χ0n) is 13.2. The molecule has 0 fully saturated rings. The van der Waals surface area contributed by atoms with Crippen LogP contribution in [-0.2, 0) is 20.7 Å². The summed E-state index contributed by atoms with van der Waals surface area (Å²) in [6, 6.07) is 10.3. The summed E-state index contributed by atoms with van der Waals surface area (Å²) >= 11 is 1.63. The molecule has 1 heterocycles. The first-order valence-electron chi connectivity index (χ1n) is 7.38. The van der Waals surface area contributed by atoms with Crippen molar-refractivity contribution in [3.8, 4) is 0 Å². The number of rotatable bonds is 7. The van der Waals surface area contributed by atoms with Crippen LogP contribution in [0.15, 0.2) is 41.8 Å². The summed E-state index contributed by atoms with van der Waals surface area (Å²) in [4.78, 5) is 35.8. The van der Waals surface area contributed by atoms with E-state index in [4.69, 9.17) is 4.74 Å². The molecule has 0 saturated heterocycles. The smallest absolute Gasteiger partial charge is 0.338 e. The highest BCUT2D eigenvalue weighted by molar-refractivity contribution is 7.09. The van der Waals surface area contributed by atoms with Crippen molar-refractivity contribution in [3.05, 3.63) is 52.2 Å². The number of carbonyl (C=O) groups excluding carboxylic acids is 3. The standard InChI is InChI=1S/C17H18N2O4S/c1-12(20)19-14-5-2-4-13(10-14)17(22)23-11-16(21)18-8-7-15-6-3-9-24-15/h2-6,9-10H,7-8,11H2,1H3,(H,18,21)(H,19,20). The SMILES string of the molecule is CC(=O)Nc1cccc(C(=O)OCC(=O)NCCc2cccs2)c1. The third-order valence-electron chi connectivity index (χ3n) is 3.03. The van der Waals surface area contributed by atoms with Gasteiger partial charge in [0.2, 0.25) is 5.91 Å². The molecule has 0 aliphatic rings. The number of hydrogen-bond acceptors (Lipinski definition) is 5. The molecule has 7 heteroatoms. The minimum Gasteiger partial charge on any atom is -0.452 e. The van der Waals surface area contributed by atoms with Gasteiger partial charge in [-0.2, -0.15) is 0 Å². The van der Waals surface area contributed by atoms with Crippen molar-refractivity contribution in [1.29, 1.82) is 0 Å². The van der Waals surface area contributed by atoms with E-state index in [0.717, 1.165) is 6.42 Å². The highest BCUT2D eigenvalue weighted by Crippen LogP contribution is 2.11. The van der Waals surface area contributed by atoms with E-state index >= 15 is 0 Å². The number of thiophene rings is 1. The summed E-state index contributed by atoms with van der Waals surface area (Å²) in [5.74, 6) is -1.20. The lowest BCUT2D eigenvalue weighted by Gasteiger charge is -2.07. The lowest BCUT2D eigenvalue weighted by molar-refractivity contribution is -0.124.